The summed E-state index contributed by atoms with van der Waals surface area (Å²) in [5.74, 6) is 0.0502. The molecule has 0 fully saturated rings. The number of aromatic nitrogens is 2. The Bertz CT molecular complexity index is 564. The Hall–Kier alpha value is -1.27. The van der Waals surface area contributed by atoms with E-state index in [0.717, 1.165) is 14.5 Å². The number of imidazole rings is 1. The third-order valence-electron chi connectivity index (χ3n) is 2.22. The van der Waals surface area contributed by atoms with Crippen LogP contribution in [0.25, 0.3) is 0 Å². The number of hydrogen-bond acceptors (Lipinski definition) is 3. The van der Waals surface area contributed by atoms with E-state index in [4.69, 9.17) is 11.1 Å². The standard InChI is InChI=1S/C11H11BrN4S/c1-16-6-5-15-11(16)17-8-4-2-3-7(12)9(8)10(13)14/h2-6H,1H3,(H3,13,14). The minimum Gasteiger partial charge on any atom is -0.384 e. The van der Waals surface area contributed by atoms with E-state index in [2.05, 4.69) is 20.9 Å². The van der Waals surface area contributed by atoms with Crippen molar-refractivity contribution in [2.24, 2.45) is 12.8 Å². The highest BCUT2D eigenvalue weighted by Crippen LogP contribution is 2.32. The summed E-state index contributed by atoms with van der Waals surface area (Å²) >= 11 is 4.90. The summed E-state index contributed by atoms with van der Waals surface area (Å²) in [6.07, 6.45) is 3.63. The maximum absolute atomic E-state index is 7.61. The lowest BCUT2D eigenvalue weighted by molar-refractivity contribution is 0.790. The Morgan fingerprint density at radius 3 is 2.88 bits per heavy atom. The lowest BCUT2D eigenvalue weighted by atomic mass is 10.2. The normalized spacial score (nSPS) is 10.5. The van der Waals surface area contributed by atoms with Crippen LogP contribution in [0.4, 0.5) is 0 Å². The van der Waals surface area contributed by atoms with Crippen molar-refractivity contribution in [2.75, 3.05) is 0 Å². The molecule has 6 heteroatoms. The quantitative estimate of drug-likeness (QED) is 0.676. The summed E-state index contributed by atoms with van der Waals surface area (Å²) in [6, 6.07) is 5.72. The third-order valence-corrected chi connectivity index (χ3v) is 4.02. The van der Waals surface area contributed by atoms with E-state index in [0.29, 0.717) is 5.56 Å². The molecule has 2 rings (SSSR count). The summed E-state index contributed by atoms with van der Waals surface area (Å²) < 4.78 is 2.75. The fraction of sp³-hybridized carbons (Fsp3) is 0.0909. The number of amidine groups is 1. The Morgan fingerprint density at radius 1 is 1.53 bits per heavy atom. The van der Waals surface area contributed by atoms with E-state index in [1.807, 2.05) is 36.0 Å². The van der Waals surface area contributed by atoms with Crippen molar-refractivity contribution in [2.45, 2.75) is 10.1 Å². The van der Waals surface area contributed by atoms with Gasteiger partial charge in [0.05, 0.1) is 0 Å². The van der Waals surface area contributed by atoms with Crippen LogP contribution in [0.15, 0.2) is 45.1 Å². The van der Waals surface area contributed by atoms with Crippen molar-refractivity contribution in [3.05, 3.63) is 40.6 Å². The van der Waals surface area contributed by atoms with Crippen LogP contribution in [0.2, 0.25) is 0 Å². The van der Waals surface area contributed by atoms with E-state index in [9.17, 15) is 0 Å². The number of nitrogens with one attached hydrogen (secondary N) is 1. The van der Waals surface area contributed by atoms with E-state index in [-0.39, 0.29) is 5.84 Å². The fourth-order valence-electron chi connectivity index (χ4n) is 1.40. The van der Waals surface area contributed by atoms with E-state index < -0.39 is 0 Å². The number of rotatable bonds is 3. The average molecular weight is 311 g/mol. The highest BCUT2D eigenvalue weighted by molar-refractivity contribution is 9.10. The molecule has 2 aromatic rings. The van der Waals surface area contributed by atoms with Gasteiger partial charge in [-0.05, 0) is 28.1 Å². The van der Waals surface area contributed by atoms with Crippen molar-refractivity contribution in [3.8, 4) is 0 Å². The zero-order valence-corrected chi connectivity index (χ0v) is 11.5. The molecule has 0 atom stereocenters. The number of aryl methyl sites for hydroxylation is 1. The van der Waals surface area contributed by atoms with Crippen molar-refractivity contribution < 1.29 is 0 Å². The molecule has 0 aliphatic heterocycles. The maximum atomic E-state index is 7.61. The molecule has 0 aliphatic rings. The van der Waals surface area contributed by atoms with Gasteiger partial charge in [-0.2, -0.15) is 0 Å². The maximum Gasteiger partial charge on any atom is 0.172 e. The van der Waals surface area contributed by atoms with Crippen molar-refractivity contribution in [3.63, 3.8) is 0 Å². The Labute approximate surface area is 112 Å². The second-order valence-electron chi connectivity index (χ2n) is 3.45. The predicted molar refractivity (Wildman–Crippen MR) is 72.5 cm³/mol. The first kappa shape index (κ1) is 12.2. The zero-order valence-electron chi connectivity index (χ0n) is 9.14. The summed E-state index contributed by atoms with van der Waals surface area (Å²) in [7, 11) is 1.93. The summed E-state index contributed by atoms with van der Waals surface area (Å²) in [4.78, 5) is 5.16. The first-order valence-electron chi connectivity index (χ1n) is 4.87. The van der Waals surface area contributed by atoms with Gasteiger partial charge in [-0.1, -0.05) is 17.8 Å². The summed E-state index contributed by atoms with van der Waals surface area (Å²) in [5.41, 5.74) is 6.30. The minimum absolute atomic E-state index is 0.0502. The molecule has 4 nitrogen and oxygen atoms in total. The molecule has 3 N–H and O–H groups in total. The first-order valence-corrected chi connectivity index (χ1v) is 6.48. The molecule has 0 amide bonds. The molecule has 1 aromatic heterocycles. The number of nitrogen functional groups attached to an aromatic ring is 1. The number of benzene rings is 1. The summed E-state index contributed by atoms with van der Waals surface area (Å²) in [6.45, 7) is 0. The van der Waals surface area contributed by atoms with Gasteiger partial charge >= 0.3 is 0 Å². The lowest BCUT2D eigenvalue weighted by Gasteiger charge is -2.09. The highest BCUT2D eigenvalue weighted by Gasteiger charge is 2.12. The highest BCUT2D eigenvalue weighted by atomic mass is 79.9. The monoisotopic (exact) mass is 310 g/mol. The van der Waals surface area contributed by atoms with Gasteiger partial charge in [-0.15, -0.1) is 0 Å². The van der Waals surface area contributed by atoms with Crippen LogP contribution in [0, 0.1) is 5.41 Å². The van der Waals surface area contributed by atoms with Gasteiger partial charge in [-0.3, -0.25) is 5.41 Å². The van der Waals surface area contributed by atoms with Crippen LogP contribution in [0.1, 0.15) is 5.56 Å². The molecule has 0 unspecified atom stereocenters. The molecule has 1 heterocycles. The zero-order chi connectivity index (χ0) is 12.4. The topological polar surface area (TPSA) is 67.7 Å². The number of hydrogen-bond donors (Lipinski definition) is 2. The average Bonchev–Trinajstić information content (AvgIpc) is 2.64. The van der Waals surface area contributed by atoms with Crippen LogP contribution in [-0.2, 0) is 7.05 Å². The molecule has 0 saturated heterocycles. The van der Waals surface area contributed by atoms with Gasteiger partial charge < -0.3 is 10.3 Å². The molecule has 0 aliphatic carbocycles. The van der Waals surface area contributed by atoms with Gasteiger partial charge in [0.25, 0.3) is 0 Å². The van der Waals surface area contributed by atoms with Crippen LogP contribution >= 0.6 is 27.7 Å². The van der Waals surface area contributed by atoms with Crippen molar-refractivity contribution in [1.29, 1.82) is 5.41 Å². The second-order valence-corrected chi connectivity index (χ2v) is 5.31. The van der Waals surface area contributed by atoms with E-state index in [1.165, 1.54) is 11.8 Å². The van der Waals surface area contributed by atoms with Crippen LogP contribution in [0.3, 0.4) is 0 Å². The lowest BCUT2D eigenvalue weighted by Crippen LogP contribution is -2.13. The Kier molecular flexibility index (Phi) is 3.54. The Morgan fingerprint density at radius 2 is 2.29 bits per heavy atom. The molecule has 0 radical (unpaired) electrons. The molecule has 0 bridgehead atoms. The van der Waals surface area contributed by atoms with Crippen molar-refractivity contribution in [1.82, 2.24) is 9.55 Å². The number of nitrogens with zero attached hydrogens (tertiary/aromatic N) is 2. The summed E-state index contributed by atoms with van der Waals surface area (Å²) in [5, 5.41) is 8.47. The van der Waals surface area contributed by atoms with Gasteiger partial charge in [0, 0.05) is 34.4 Å². The first-order chi connectivity index (χ1) is 8.09. The van der Waals surface area contributed by atoms with Crippen molar-refractivity contribution >= 4 is 33.5 Å². The van der Waals surface area contributed by atoms with Gasteiger partial charge in [0.1, 0.15) is 5.84 Å². The smallest absolute Gasteiger partial charge is 0.172 e. The largest absolute Gasteiger partial charge is 0.384 e. The number of nitrogens with two attached hydrogens (primary N) is 1. The van der Waals surface area contributed by atoms with Gasteiger partial charge in [0.2, 0.25) is 0 Å². The third kappa shape index (κ3) is 2.53. The van der Waals surface area contributed by atoms with Crippen LogP contribution in [0.5, 0.6) is 0 Å². The predicted octanol–water partition coefficient (Wildman–Crippen LogP) is 2.62. The molecular weight excluding hydrogens is 300 g/mol. The van der Waals surface area contributed by atoms with Crippen LogP contribution in [-0.4, -0.2) is 15.4 Å². The molecular formula is C11H11BrN4S. The van der Waals surface area contributed by atoms with Crippen LogP contribution < -0.4 is 5.73 Å². The van der Waals surface area contributed by atoms with E-state index in [1.54, 1.807) is 6.20 Å². The molecule has 88 valence electrons. The van der Waals surface area contributed by atoms with Gasteiger partial charge in [0.15, 0.2) is 5.16 Å². The molecule has 0 spiro atoms. The SMILES string of the molecule is Cn1ccnc1Sc1cccc(Br)c1C(=N)N. The van der Waals surface area contributed by atoms with E-state index >= 15 is 0 Å². The minimum atomic E-state index is 0.0502. The van der Waals surface area contributed by atoms with Gasteiger partial charge in [-0.25, -0.2) is 4.98 Å². The Balaban J connectivity index is 2.43. The number of halogens is 1. The molecule has 17 heavy (non-hydrogen) atoms. The molecule has 1 aromatic carbocycles. The second kappa shape index (κ2) is 4.93. The molecule has 0 saturated carbocycles. The fourth-order valence-corrected chi connectivity index (χ4v) is 3.09.